The van der Waals surface area contributed by atoms with Crippen LogP contribution >= 0.6 is 0 Å². The van der Waals surface area contributed by atoms with Crippen LogP contribution in [-0.2, 0) is 0 Å². The summed E-state index contributed by atoms with van der Waals surface area (Å²) in [6.07, 6.45) is 10.1. The van der Waals surface area contributed by atoms with E-state index in [2.05, 4.69) is 26.1 Å². The second-order valence-electron chi connectivity index (χ2n) is 6.75. The fourth-order valence-electron chi connectivity index (χ4n) is 3.52. The number of rotatable bonds is 6. The van der Waals surface area contributed by atoms with Crippen molar-refractivity contribution in [3.8, 4) is 0 Å². The highest BCUT2D eigenvalue weighted by Gasteiger charge is 2.50. The molecular formula is C15H29N. The molecule has 0 aromatic rings. The Kier molecular flexibility index (Phi) is 3.94. The van der Waals surface area contributed by atoms with Crippen molar-refractivity contribution >= 4 is 0 Å². The van der Waals surface area contributed by atoms with Crippen molar-refractivity contribution in [2.75, 3.05) is 6.54 Å². The molecule has 0 aromatic carbocycles. The Morgan fingerprint density at radius 3 is 2.38 bits per heavy atom. The third kappa shape index (κ3) is 3.00. The monoisotopic (exact) mass is 223 g/mol. The minimum absolute atomic E-state index is 0.629. The molecule has 1 heteroatoms. The number of hydrogen-bond acceptors (Lipinski definition) is 1. The van der Waals surface area contributed by atoms with Gasteiger partial charge in [0.1, 0.15) is 0 Å². The lowest BCUT2D eigenvalue weighted by atomic mass is 9.92. The Labute approximate surface area is 101 Å². The summed E-state index contributed by atoms with van der Waals surface area (Å²) in [4.78, 5) is 0. The van der Waals surface area contributed by atoms with Gasteiger partial charge in [-0.05, 0) is 43.1 Å². The Bertz CT molecular complexity index is 215. The third-order valence-corrected chi connectivity index (χ3v) is 4.79. The van der Waals surface area contributed by atoms with E-state index in [4.69, 9.17) is 0 Å². The van der Waals surface area contributed by atoms with Gasteiger partial charge in [-0.25, -0.2) is 0 Å². The molecule has 2 aliphatic rings. The molecule has 1 N–H and O–H groups in total. The lowest BCUT2D eigenvalue weighted by Crippen LogP contribution is -2.34. The number of hydrogen-bond donors (Lipinski definition) is 1. The van der Waals surface area contributed by atoms with Crippen molar-refractivity contribution in [2.45, 2.75) is 71.8 Å². The van der Waals surface area contributed by atoms with E-state index >= 15 is 0 Å². The predicted molar refractivity (Wildman–Crippen MR) is 70.5 cm³/mol. The quantitative estimate of drug-likeness (QED) is 0.718. The zero-order valence-electron chi connectivity index (χ0n) is 11.4. The molecule has 2 rings (SSSR count). The SMILES string of the molecule is CCCNC(CC1CCCC1)C1CC1(C)C. The van der Waals surface area contributed by atoms with Crippen LogP contribution in [0.1, 0.15) is 65.7 Å². The summed E-state index contributed by atoms with van der Waals surface area (Å²) in [5.74, 6) is 1.99. The maximum absolute atomic E-state index is 3.81. The highest BCUT2D eigenvalue weighted by Crippen LogP contribution is 2.54. The molecule has 2 saturated carbocycles. The van der Waals surface area contributed by atoms with Gasteiger partial charge in [-0.3, -0.25) is 0 Å². The Morgan fingerprint density at radius 2 is 1.88 bits per heavy atom. The molecule has 16 heavy (non-hydrogen) atoms. The topological polar surface area (TPSA) is 12.0 Å². The summed E-state index contributed by atoms with van der Waals surface area (Å²) in [7, 11) is 0. The standard InChI is InChI=1S/C15H29N/c1-4-9-16-14(13-11-15(13,2)3)10-12-7-5-6-8-12/h12-14,16H,4-11H2,1-3H3. The molecule has 2 aliphatic carbocycles. The largest absolute Gasteiger partial charge is 0.314 e. The first kappa shape index (κ1) is 12.4. The van der Waals surface area contributed by atoms with Gasteiger partial charge in [-0.2, -0.15) is 0 Å². The Hall–Kier alpha value is -0.0400. The second kappa shape index (κ2) is 5.08. The maximum atomic E-state index is 3.81. The van der Waals surface area contributed by atoms with Crippen molar-refractivity contribution in [1.82, 2.24) is 5.32 Å². The Morgan fingerprint density at radius 1 is 1.25 bits per heavy atom. The fourth-order valence-corrected chi connectivity index (χ4v) is 3.52. The van der Waals surface area contributed by atoms with Crippen LogP contribution in [-0.4, -0.2) is 12.6 Å². The summed E-state index contributed by atoms with van der Waals surface area (Å²) in [6, 6.07) is 0.818. The number of nitrogens with one attached hydrogen (secondary N) is 1. The van der Waals surface area contributed by atoms with Gasteiger partial charge in [0.25, 0.3) is 0 Å². The van der Waals surface area contributed by atoms with E-state index in [1.807, 2.05) is 0 Å². The van der Waals surface area contributed by atoms with E-state index < -0.39 is 0 Å². The third-order valence-electron chi connectivity index (χ3n) is 4.79. The molecule has 1 nitrogen and oxygen atoms in total. The molecule has 0 saturated heterocycles. The lowest BCUT2D eigenvalue weighted by Gasteiger charge is -2.23. The van der Waals surface area contributed by atoms with Crippen LogP contribution in [0.4, 0.5) is 0 Å². The van der Waals surface area contributed by atoms with Gasteiger partial charge in [0.2, 0.25) is 0 Å². The molecular weight excluding hydrogens is 194 g/mol. The van der Waals surface area contributed by atoms with Crippen LogP contribution in [0.15, 0.2) is 0 Å². The van der Waals surface area contributed by atoms with E-state index in [9.17, 15) is 0 Å². The van der Waals surface area contributed by atoms with Crippen LogP contribution < -0.4 is 5.32 Å². The average molecular weight is 223 g/mol. The zero-order valence-corrected chi connectivity index (χ0v) is 11.4. The van der Waals surface area contributed by atoms with Gasteiger partial charge < -0.3 is 5.32 Å². The highest BCUT2D eigenvalue weighted by atomic mass is 14.9. The van der Waals surface area contributed by atoms with Crippen LogP contribution in [0.3, 0.4) is 0 Å². The minimum atomic E-state index is 0.629. The normalized spacial score (nSPS) is 30.6. The van der Waals surface area contributed by atoms with Crippen LogP contribution in [0.25, 0.3) is 0 Å². The Balaban J connectivity index is 1.82. The van der Waals surface area contributed by atoms with Crippen molar-refractivity contribution in [1.29, 1.82) is 0 Å². The molecule has 2 atom stereocenters. The second-order valence-corrected chi connectivity index (χ2v) is 6.75. The van der Waals surface area contributed by atoms with E-state index in [0.717, 1.165) is 17.9 Å². The summed E-state index contributed by atoms with van der Waals surface area (Å²) in [5.41, 5.74) is 0.629. The lowest BCUT2D eigenvalue weighted by molar-refractivity contribution is 0.329. The van der Waals surface area contributed by atoms with Gasteiger partial charge in [0, 0.05) is 6.04 Å². The summed E-state index contributed by atoms with van der Waals surface area (Å²) >= 11 is 0. The molecule has 0 heterocycles. The van der Waals surface area contributed by atoms with Gasteiger partial charge in [0.15, 0.2) is 0 Å². The van der Waals surface area contributed by atoms with E-state index in [1.54, 1.807) is 0 Å². The van der Waals surface area contributed by atoms with Crippen molar-refractivity contribution in [3.63, 3.8) is 0 Å². The first-order chi connectivity index (χ1) is 7.63. The van der Waals surface area contributed by atoms with Crippen LogP contribution in [0.2, 0.25) is 0 Å². The first-order valence-corrected chi connectivity index (χ1v) is 7.37. The van der Waals surface area contributed by atoms with Gasteiger partial charge >= 0.3 is 0 Å². The van der Waals surface area contributed by atoms with E-state index in [0.29, 0.717) is 5.41 Å². The van der Waals surface area contributed by atoms with Crippen LogP contribution in [0.5, 0.6) is 0 Å². The van der Waals surface area contributed by atoms with Crippen molar-refractivity contribution < 1.29 is 0 Å². The van der Waals surface area contributed by atoms with E-state index in [-0.39, 0.29) is 0 Å². The molecule has 0 bridgehead atoms. The first-order valence-electron chi connectivity index (χ1n) is 7.37. The van der Waals surface area contributed by atoms with Crippen LogP contribution in [0, 0.1) is 17.3 Å². The fraction of sp³-hybridized carbons (Fsp3) is 1.00. The maximum Gasteiger partial charge on any atom is 0.0103 e. The van der Waals surface area contributed by atoms with Crippen molar-refractivity contribution in [2.24, 2.45) is 17.3 Å². The van der Waals surface area contributed by atoms with Gasteiger partial charge in [-0.15, -0.1) is 0 Å². The summed E-state index contributed by atoms with van der Waals surface area (Å²) < 4.78 is 0. The zero-order chi connectivity index (χ0) is 11.6. The predicted octanol–water partition coefficient (Wildman–Crippen LogP) is 3.98. The molecule has 0 aromatic heterocycles. The molecule has 2 unspecified atom stereocenters. The smallest absolute Gasteiger partial charge is 0.0103 e. The average Bonchev–Trinajstić information content (AvgIpc) is 2.67. The highest BCUT2D eigenvalue weighted by molar-refractivity contribution is 5.02. The van der Waals surface area contributed by atoms with Gasteiger partial charge in [0.05, 0.1) is 0 Å². The molecule has 94 valence electrons. The molecule has 2 fully saturated rings. The summed E-state index contributed by atoms with van der Waals surface area (Å²) in [6.45, 7) is 8.36. The van der Waals surface area contributed by atoms with Gasteiger partial charge in [-0.1, -0.05) is 46.5 Å². The molecule has 0 amide bonds. The summed E-state index contributed by atoms with van der Waals surface area (Å²) in [5, 5.41) is 3.81. The molecule has 0 spiro atoms. The molecule has 0 aliphatic heterocycles. The van der Waals surface area contributed by atoms with Crippen molar-refractivity contribution in [3.05, 3.63) is 0 Å². The minimum Gasteiger partial charge on any atom is -0.314 e. The molecule has 0 radical (unpaired) electrons. The van der Waals surface area contributed by atoms with E-state index in [1.165, 1.54) is 51.5 Å².